The van der Waals surface area contributed by atoms with Crippen LogP contribution in [0.25, 0.3) is 0 Å². The van der Waals surface area contributed by atoms with Crippen LogP contribution in [-0.2, 0) is 0 Å². The van der Waals surface area contributed by atoms with Crippen LogP contribution >= 0.6 is 34.7 Å². The lowest BCUT2D eigenvalue weighted by molar-refractivity contribution is 0.102. The van der Waals surface area contributed by atoms with Crippen LogP contribution in [0.4, 0.5) is 5.13 Å². The van der Waals surface area contributed by atoms with E-state index < -0.39 is 0 Å². The molecule has 2 aromatic rings. The molecule has 0 radical (unpaired) electrons. The first kappa shape index (κ1) is 17.1. The first-order valence-electron chi connectivity index (χ1n) is 6.68. The number of anilines is 1. The molecule has 0 saturated carbocycles. The highest BCUT2D eigenvalue weighted by atomic mass is 35.5. The Morgan fingerprint density at radius 3 is 2.95 bits per heavy atom. The van der Waals surface area contributed by atoms with Crippen LogP contribution < -0.4 is 10.1 Å². The molecule has 1 aromatic heterocycles. The molecule has 0 saturated heterocycles. The van der Waals surface area contributed by atoms with E-state index in [4.69, 9.17) is 16.3 Å². The van der Waals surface area contributed by atoms with Gasteiger partial charge in [-0.05, 0) is 24.6 Å². The normalized spacial score (nSPS) is 12.0. The van der Waals surface area contributed by atoms with Gasteiger partial charge < -0.3 is 4.74 Å². The molecule has 0 aliphatic carbocycles. The lowest BCUT2D eigenvalue weighted by Crippen LogP contribution is -2.13. The van der Waals surface area contributed by atoms with E-state index in [1.54, 1.807) is 30.0 Å². The number of nitrogens with one attached hydrogen (secondary N) is 1. The molecule has 0 unspecified atom stereocenters. The zero-order valence-electron chi connectivity index (χ0n) is 12.4. The smallest absolute Gasteiger partial charge is 0.261 e. The molecule has 5 nitrogen and oxygen atoms in total. The molecule has 22 heavy (non-hydrogen) atoms. The van der Waals surface area contributed by atoms with Crippen molar-refractivity contribution in [1.29, 1.82) is 0 Å². The van der Waals surface area contributed by atoms with Gasteiger partial charge in [0.05, 0.1) is 12.7 Å². The molecule has 8 heteroatoms. The Labute approximate surface area is 142 Å². The molecule has 1 aromatic carbocycles. The average molecular weight is 358 g/mol. The molecular weight excluding hydrogens is 342 g/mol. The molecule has 1 atom stereocenters. The fraction of sp³-hybridized carbons (Fsp3) is 0.357. The molecule has 0 aliphatic heterocycles. The Hall–Kier alpha value is -1.31. The summed E-state index contributed by atoms with van der Waals surface area (Å²) in [6.45, 7) is 4.24. The summed E-state index contributed by atoms with van der Waals surface area (Å²) in [5, 5.41) is 12.2. The first-order valence-corrected chi connectivity index (χ1v) is 8.76. The van der Waals surface area contributed by atoms with Crippen molar-refractivity contribution in [2.24, 2.45) is 0 Å². The van der Waals surface area contributed by atoms with Crippen LogP contribution in [-0.4, -0.2) is 28.5 Å². The number of amides is 1. The van der Waals surface area contributed by atoms with E-state index in [0.29, 0.717) is 26.7 Å². The second-order valence-corrected chi connectivity index (χ2v) is 7.61. The number of rotatable bonds is 6. The van der Waals surface area contributed by atoms with Crippen LogP contribution in [0.5, 0.6) is 5.75 Å². The van der Waals surface area contributed by atoms with Crippen molar-refractivity contribution in [3.8, 4) is 5.75 Å². The average Bonchev–Trinajstić information content (AvgIpc) is 2.93. The van der Waals surface area contributed by atoms with Crippen LogP contribution in [0.1, 0.15) is 30.6 Å². The van der Waals surface area contributed by atoms with Crippen LogP contribution in [0, 0.1) is 0 Å². The Morgan fingerprint density at radius 2 is 2.27 bits per heavy atom. The van der Waals surface area contributed by atoms with Gasteiger partial charge in [-0.15, -0.1) is 10.2 Å². The van der Waals surface area contributed by atoms with E-state index in [9.17, 15) is 4.79 Å². The molecule has 0 fully saturated rings. The number of methoxy groups -OCH3 is 1. The quantitative estimate of drug-likeness (QED) is 0.615. The summed E-state index contributed by atoms with van der Waals surface area (Å²) in [5.41, 5.74) is 0.362. The lowest BCUT2D eigenvalue weighted by atomic mass is 10.2. The highest BCUT2D eigenvalue weighted by molar-refractivity contribution is 8.01. The molecule has 0 spiro atoms. The van der Waals surface area contributed by atoms with E-state index in [0.717, 1.165) is 10.8 Å². The Morgan fingerprint density at radius 1 is 1.50 bits per heavy atom. The minimum absolute atomic E-state index is 0.324. The maximum atomic E-state index is 12.3. The highest BCUT2D eigenvalue weighted by Crippen LogP contribution is 2.30. The van der Waals surface area contributed by atoms with Gasteiger partial charge in [-0.25, -0.2) is 0 Å². The predicted octanol–water partition coefficient (Wildman–Crippen LogP) is 4.34. The van der Waals surface area contributed by atoms with E-state index in [2.05, 4.69) is 29.4 Å². The Bertz CT molecular complexity index is 663. The number of nitrogens with zero attached hydrogens (tertiary/aromatic N) is 2. The van der Waals surface area contributed by atoms with Crippen molar-refractivity contribution in [3.63, 3.8) is 0 Å². The molecule has 1 amide bonds. The molecule has 0 bridgehead atoms. The van der Waals surface area contributed by atoms with Gasteiger partial charge in [-0.2, -0.15) is 0 Å². The first-order chi connectivity index (χ1) is 10.5. The standard InChI is InChI=1S/C14H16ClN3O2S2/c1-4-8(2)21-14-18-17-13(22-14)16-12(19)10-7-9(15)5-6-11(10)20-3/h5-8H,4H2,1-3H3,(H,16,17,19)/t8-/m0/s1. The van der Waals surface area contributed by atoms with Gasteiger partial charge in [-0.3, -0.25) is 10.1 Å². The molecular formula is C14H16ClN3O2S2. The van der Waals surface area contributed by atoms with Gasteiger partial charge in [0.1, 0.15) is 5.75 Å². The van der Waals surface area contributed by atoms with Crippen molar-refractivity contribution >= 4 is 45.7 Å². The lowest BCUT2D eigenvalue weighted by Gasteiger charge is -2.07. The maximum Gasteiger partial charge on any atom is 0.261 e. The number of benzene rings is 1. The summed E-state index contributed by atoms with van der Waals surface area (Å²) in [5.74, 6) is 0.135. The van der Waals surface area contributed by atoms with Crippen LogP contribution in [0.2, 0.25) is 5.02 Å². The van der Waals surface area contributed by atoms with Crippen molar-refractivity contribution in [3.05, 3.63) is 28.8 Å². The van der Waals surface area contributed by atoms with Gasteiger partial charge in [-0.1, -0.05) is 48.5 Å². The predicted molar refractivity (Wildman–Crippen MR) is 91.5 cm³/mol. The molecule has 1 N–H and O–H groups in total. The minimum Gasteiger partial charge on any atom is -0.496 e. The fourth-order valence-electron chi connectivity index (χ4n) is 1.59. The van der Waals surface area contributed by atoms with Crippen molar-refractivity contribution in [2.45, 2.75) is 29.9 Å². The zero-order valence-corrected chi connectivity index (χ0v) is 14.8. The van der Waals surface area contributed by atoms with Crippen molar-refractivity contribution < 1.29 is 9.53 Å². The third kappa shape index (κ3) is 4.34. The summed E-state index contributed by atoms with van der Waals surface area (Å²) < 4.78 is 6.01. The molecule has 118 valence electrons. The zero-order chi connectivity index (χ0) is 16.1. The van der Waals surface area contributed by atoms with Crippen molar-refractivity contribution in [1.82, 2.24) is 10.2 Å². The van der Waals surface area contributed by atoms with Gasteiger partial charge in [0.2, 0.25) is 5.13 Å². The summed E-state index contributed by atoms with van der Waals surface area (Å²) in [6.07, 6.45) is 1.05. The number of halogens is 1. The number of hydrogen-bond donors (Lipinski definition) is 1. The number of carbonyl (C=O) groups is 1. The second kappa shape index (κ2) is 7.80. The second-order valence-electron chi connectivity index (χ2n) is 4.51. The van der Waals surface area contributed by atoms with E-state index in [1.165, 1.54) is 18.4 Å². The topological polar surface area (TPSA) is 64.1 Å². The third-order valence-electron chi connectivity index (χ3n) is 2.91. The SMILES string of the molecule is CC[C@H](C)Sc1nnc(NC(=O)c2cc(Cl)ccc2OC)s1. The number of aromatic nitrogens is 2. The van der Waals surface area contributed by atoms with E-state index in [-0.39, 0.29) is 5.91 Å². The summed E-state index contributed by atoms with van der Waals surface area (Å²) >= 11 is 8.93. The van der Waals surface area contributed by atoms with Crippen LogP contribution in [0.3, 0.4) is 0 Å². The summed E-state index contributed by atoms with van der Waals surface area (Å²) in [6, 6.07) is 4.89. The van der Waals surface area contributed by atoms with Gasteiger partial charge in [0.25, 0.3) is 5.91 Å². The molecule has 0 aliphatic rings. The minimum atomic E-state index is -0.324. The number of hydrogen-bond acceptors (Lipinski definition) is 6. The van der Waals surface area contributed by atoms with Gasteiger partial charge in [0, 0.05) is 10.3 Å². The fourth-order valence-corrected chi connectivity index (χ4v) is 3.75. The Kier molecular flexibility index (Phi) is 6.05. The van der Waals surface area contributed by atoms with E-state index in [1.807, 2.05) is 0 Å². The number of ether oxygens (including phenoxy) is 1. The molecule has 1 heterocycles. The van der Waals surface area contributed by atoms with Gasteiger partial charge in [0.15, 0.2) is 4.34 Å². The maximum absolute atomic E-state index is 12.3. The number of thioether (sulfide) groups is 1. The Balaban J connectivity index is 2.11. The monoisotopic (exact) mass is 357 g/mol. The summed E-state index contributed by atoms with van der Waals surface area (Å²) in [4.78, 5) is 12.3. The van der Waals surface area contributed by atoms with Crippen molar-refractivity contribution in [2.75, 3.05) is 12.4 Å². The number of carbonyl (C=O) groups excluding carboxylic acids is 1. The molecule has 2 rings (SSSR count). The summed E-state index contributed by atoms with van der Waals surface area (Å²) in [7, 11) is 1.51. The largest absolute Gasteiger partial charge is 0.496 e. The van der Waals surface area contributed by atoms with E-state index >= 15 is 0 Å². The van der Waals surface area contributed by atoms with Gasteiger partial charge >= 0.3 is 0 Å². The highest BCUT2D eigenvalue weighted by Gasteiger charge is 2.16. The third-order valence-corrected chi connectivity index (χ3v) is 5.34. The van der Waals surface area contributed by atoms with Crippen LogP contribution in [0.15, 0.2) is 22.5 Å².